The molecule has 0 saturated carbocycles. The molecule has 0 aliphatic carbocycles. The molecule has 2 aromatic carbocycles. The number of anilines is 1. The van der Waals surface area contributed by atoms with Crippen LogP contribution in [0.2, 0.25) is 5.02 Å². The Morgan fingerprint density at radius 3 is 2.49 bits per heavy atom. The van der Waals surface area contributed by atoms with Crippen molar-refractivity contribution in [2.75, 3.05) is 37.7 Å². The van der Waals surface area contributed by atoms with Crippen LogP contribution in [0.3, 0.4) is 0 Å². The van der Waals surface area contributed by atoms with E-state index in [9.17, 15) is 18.0 Å². The zero-order chi connectivity index (χ0) is 26.0. The number of nitrogens with zero attached hydrogens (tertiary/aromatic N) is 4. The first kappa shape index (κ1) is 25.2. The molecule has 1 amide bonds. The number of morpholine rings is 1. The Bertz CT molecular complexity index is 1240. The van der Waals surface area contributed by atoms with Crippen molar-refractivity contribution in [3.05, 3.63) is 77.1 Å². The molecular weight excluding hydrogens is 513 g/mol. The van der Waals surface area contributed by atoms with Crippen LogP contribution in [0.5, 0.6) is 11.6 Å². The van der Waals surface area contributed by atoms with Crippen molar-refractivity contribution in [3.8, 4) is 11.6 Å². The van der Waals surface area contributed by atoms with Gasteiger partial charge in [-0.3, -0.25) is 4.90 Å². The van der Waals surface area contributed by atoms with E-state index in [-0.39, 0.29) is 17.3 Å². The van der Waals surface area contributed by atoms with Crippen LogP contribution < -0.4 is 9.64 Å². The molecule has 0 radical (unpaired) electrons. The quantitative estimate of drug-likeness (QED) is 0.422. The number of hydrogen-bond donors (Lipinski definition) is 0. The molecule has 1 aromatic heterocycles. The normalized spacial score (nSPS) is 20.6. The molecule has 12 heteroatoms. The fourth-order valence-corrected chi connectivity index (χ4v) is 4.44. The summed E-state index contributed by atoms with van der Waals surface area (Å²) in [5.74, 6) is 0.777. The van der Waals surface area contributed by atoms with Gasteiger partial charge >= 0.3 is 12.3 Å². The maximum Gasteiger partial charge on any atom is 0.416 e. The number of cyclic esters (lactones) is 1. The van der Waals surface area contributed by atoms with Gasteiger partial charge in [-0.2, -0.15) is 13.2 Å². The van der Waals surface area contributed by atoms with E-state index >= 15 is 0 Å². The van der Waals surface area contributed by atoms with Crippen LogP contribution in [0.4, 0.5) is 23.8 Å². The molecule has 2 fully saturated rings. The van der Waals surface area contributed by atoms with Crippen LogP contribution in [0.1, 0.15) is 17.2 Å². The molecule has 2 aliphatic rings. The van der Waals surface area contributed by atoms with Gasteiger partial charge in [-0.25, -0.2) is 19.7 Å². The van der Waals surface area contributed by atoms with E-state index in [2.05, 4.69) is 14.9 Å². The summed E-state index contributed by atoms with van der Waals surface area (Å²) in [7, 11) is 0. The molecule has 3 aromatic rings. The van der Waals surface area contributed by atoms with Crippen LogP contribution in [0.15, 0.2) is 60.9 Å². The number of aromatic nitrogens is 2. The van der Waals surface area contributed by atoms with Crippen LogP contribution in [-0.4, -0.2) is 59.9 Å². The minimum Gasteiger partial charge on any atom is -0.442 e. The van der Waals surface area contributed by atoms with Gasteiger partial charge in [0.1, 0.15) is 17.9 Å². The molecule has 0 unspecified atom stereocenters. The first-order chi connectivity index (χ1) is 17.8. The van der Waals surface area contributed by atoms with Crippen LogP contribution >= 0.6 is 11.6 Å². The lowest BCUT2D eigenvalue weighted by molar-refractivity contribution is -0.137. The van der Waals surface area contributed by atoms with Gasteiger partial charge in [-0.1, -0.05) is 23.7 Å². The van der Waals surface area contributed by atoms with Crippen molar-refractivity contribution < 1.29 is 32.2 Å². The second kappa shape index (κ2) is 10.5. The monoisotopic (exact) mass is 534 g/mol. The minimum atomic E-state index is -4.54. The highest BCUT2D eigenvalue weighted by molar-refractivity contribution is 6.30. The van der Waals surface area contributed by atoms with Crippen LogP contribution in [0.25, 0.3) is 0 Å². The Morgan fingerprint density at radius 2 is 1.81 bits per heavy atom. The van der Waals surface area contributed by atoms with Gasteiger partial charge in [-0.15, -0.1) is 0 Å². The van der Waals surface area contributed by atoms with Crippen molar-refractivity contribution in [2.24, 2.45) is 0 Å². The minimum absolute atomic E-state index is 0.125. The van der Waals surface area contributed by atoms with E-state index in [1.165, 1.54) is 23.4 Å². The third-order valence-electron chi connectivity index (χ3n) is 6.07. The maximum absolute atomic E-state index is 13.5. The number of hydrogen-bond acceptors (Lipinski definition) is 7. The molecule has 2 saturated heterocycles. The second-order valence-electron chi connectivity index (χ2n) is 8.54. The lowest BCUT2D eigenvalue weighted by atomic mass is 9.98. The molecule has 37 heavy (non-hydrogen) atoms. The van der Waals surface area contributed by atoms with E-state index in [1.807, 2.05) is 0 Å². The van der Waals surface area contributed by atoms with Crippen LogP contribution in [-0.2, 0) is 15.7 Å². The summed E-state index contributed by atoms with van der Waals surface area (Å²) >= 11 is 5.89. The Balaban J connectivity index is 1.44. The standard InChI is InChI=1S/C25H22ClF3N4O4/c26-18-4-6-19(7-5-18)36-22-14-30-21(13-31-22)33-23(16-2-1-3-17(12-16)25(27,28)29)20(37-24(33)34)15-32-8-10-35-11-9-32/h1-7,12-14,20,23H,8-11,15H2/t20-,23-/m0/s1. The molecule has 3 heterocycles. The molecule has 8 nitrogen and oxygen atoms in total. The third kappa shape index (κ3) is 5.79. The molecule has 5 rings (SSSR count). The van der Waals surface area contributed by atoms with E-state index in [4.69, 9.17) is 25.8 Å². The fraction of sp³-hybridized carbons (Fsp3) is 0.320. The summed E-state index contributed by atoms with van der Waals surface area (Å²) in [4.78, 5) is 24.9. The summed E-state index contributed by atoms with van der Waals surface area (Å²) in [6.07, 6.45) is -3.34. The number of benzene rings is 2. The number of rotatable bonds is 6. The van der Waals surface area contributed by atoms with Crippen molar-refractivity contribution in [2.45, 2.75) is 18.3 Å². The number of ether oxygens (including phenoxy) is 3. The summed E-state index contributed by atoms with van der Waals surface area (Å²) < 4.78 is 57.2. The largest absolute Gasteiger partial charge is 0.442 e. The SMILES string of the molecule is O=C1O[C@@H](CN2CCOCC2)[C@H](c2cccc(C(F)(F)F)c2)N1c1cnc(Oc2ccc(Cl)cc2)cn1. The van der Waals surface area contributed by atoms with Gasteiger partial charge < -0.3 is 14.2 Å². The van der Waals surface area contributed by atoms with E-state index in [1.54, 1.807) is 30.3 Å². The summed E-state index contributed by atoms with van der Waals surface area (Å²) in [6.45, 7) is 2.63. The summed E-state index contributed by atoms with van der Waals surface area (Å²) in [5, 5.41) is 0.550. The number of amides is 1. The van der Waals surface area contributed by atoms with Crippen molar-refractivity contribution in [1.29, 1.82) is 0 Å². The summed E-state index contributed by atoms with van der Waals surface area (Å²) in [5.41, 5.74) is -0.533. The molecule has 2 atom stereocenters. The number of carbonyl (C=O) groups is 1. The molecule has 2 aliphatic heterocycles. The van der Waals surface area contributed by atoms with Gasteiger partial charge in [-0.05, 0) is 42.0 Å². The number of alkyl halides is 3. The lowest BCUT2D eigenvalue weighted by Gasteiger charge is -2.31. The zero-order valence-corrected chi connectivity index (χ0v) is 20.2. The van der Waals surface area contributed by atoms with Gasteiger partial charge in [0.25, 0.3) is 0 Å². The van der Waals surface area contributed by atoms with Gasteiger partial charge in [0, 0.05) is 24.7 Å². The maximum atomic E-state index is 13.5. The van der Waals surface area contributed by atoms with E-state index in [0.29, 0.717) is 43.6 Å². The Hall–Kier alpha value is -3.41. The van der Waals surface area contributed by atoms with Crippen molar-refractivity contribution in [3.63, 3.8) is 0 Å². The van der Waals surface area contributed by atoms with Crippen LogP contribution in [0, 0.1) is 0 Å². The first-order valence-electron chi connectivity index (χ1n) is 11.5. The Morgan fingerprint density at radius 1 is 1.05 bits per heavy atom. The third-order valence-corrected chi connectivity index (χ3v) is 6.33. The summed E-state index contributed by atoms with van der Waals surface area (Å²) in [6, 6.07) is 10.7. The zero-order valence-electron chi connectivity index (χ0n) is 19.4. The molecule has 0 bridgehead atoms. The fourth-order valence-electron chi connectivity index (χ4n) is 4.31. The highest BCUT2D eigenvalue weighted by atomic mass is 35.5. The highest BCUT2D eigenvalue weighted by Crippen LogP contribution is 2.39. The number of carbonyl (C=O) groups excluding carboxylic acids is 1. The molecule has 0 spiro atoms. The highest BCUT2D eigenvalue weighted by Gasteiger charge is 2.46. The lowest BCUT2D eigenvalue weighted by Crippen LogP contribution is -2.43. The average Bonchev–Trinajstić information content (AvgIpc) is 3.21. The second-order valence-corrected chi connectivity index (χ2v) is 8.98. The smallest absolute Gasteiger partial charge is 0.416 e. The number of halogens is 4. The topological polar surface area (TPSA) is 77.0 Å². The van der Waals surface area contributed by atoms with Gasteiger partial charge in [0.05, 0.1) is 31.2 Å². The van der Waals surface area contributed by atoms with Crippen molar-refractivity contribution in [1.82, 2.24) is 14.9 Å². The van der Waals surface area contributed by atoms with Gasteiger partial charge in [0.15, 0.2) is 5.82 Å². The Labute approximate surface area is 215 Å². The predicted molar refractivity (Wildman–Crippen MR) is 128 cm³/mol. The average molecular weight is 535 g/mol. The predicted octanol–water partition coefficient (Wildman–Crippen LogP) is 5.34. The molecular formula is C25H22ClF3N4O4. The van der Waals surface area contributed by atoms with E-state index in [0.717, 1.165) is 12.1 Å². The molecule has 0 N–H and O–H groups in total. The first-order valence-corrected chi connectivity index (χ1v) is 11.9. The Kier molecular flexibility index (Phi) is 7.18. The van der Waals surface area contributed by atoms with E-state index < -0.39 is 30.0 Å². The molecule has 194 valence electrons. The van der Waals surface area contributed by atoms with Crippen molar-refractivity contribution >= 4 is 23.5 Å². The van der Waals surface area contributed by atoms with Gasteiger partial charge in [0.2, 0.25) is 5.88 Å².